The van der Waals surface area contributed by atoms with Gasteiger partial charge < -0.3 is 5.11 Å². The Balaban J connectivity index is 2.07. The summed E-state index contributed by atoms with van der Waals surface area (Å²) < 4.78 is 14.3. The van der Waals surface area contributed by atoms with Gasteiger partial charge in [0.05, 0.1) is 11.4 Å². The van der Waals surface area contributed by atoms with Crippen molar-refractivity contribution in [2.24, 2.45) is 4.99 Å². The van der Waals surface area contributed by atoms with E-state index in [1.165, 1.54) is 18.6 Å². The van der Waals surface area contributed by atoms with E-state index in [2.05, 4.69) is 15.0 Å². The predicted octanol–water partition coefficient (Wildman–Crippen LogP) is 3.78. The number of halogens is 2. The number of aliphatic hydroxyl groups excluding tert-OH is 1. The van der Waals surface area contributed by atoms with Crippen molar-refractivity contribution >= 4 is 17.3 Å². The molecule has 0 fully saturated rings. The Morgan fingerprint density at radius 2 is 1.88 bits per heavy atom. The maximum atomic E-state index is 14.3. The van der Waals surface area contributed by atoms with Crippen molar-refractivity contribution in [2.75, 3.05) is 0 Å². The van der Waals surface area contributed by atoms with Gasteiger partial charge in [0.25, 0.3) is 0 Å². The van der Waals surface area contributed by atoms with Crippen LogP contribution < -0.4 is 0 Å². The molecule has 0 saturated heterocycles. The van der Waals surface area contributed by atoms with E-state index in [0.29, 0.717) is 33.1 Å². The van der Waals surface area contributed by atoms with Crippen LogP contribution in [0.5, 0.6) is 0 Å². The van der Waals surface area contributed by atoms with Crippen LogP contribution in [-0.4, -0.2) is 20.8 Å². The summed E-state index contributed by atoms with van der Waals surface area (Å²) in [5.41, 5.74) is 2.98. The van der Waals surface area contributed by atoms with Gasteiger partial charge in [-0.15, -0.1) is 0 Å². The molecule has 4 rings (SSSR count). The van der Waals surface area contributed by atoms with Crippen molar-refractivity contribution in [1.29, 1.82) is 0 Å². The zero-order valence-corrected chi connectivity index (χ0v) is 13.1. The molecule has 1 aromatic heterocycles. The highest BCUT2D eigenvalue weighted by Gasteiger charge is 2.26. The molecule has 118 valence electrons. The summed E-state index contributed by atoms with van der Waals surface area (Å²) in [5, 5.41) is 11.0. The minimum absolute atomic E-state index is 0.292. The molecule has 1 aliphatic rings. The highest BCUT2D eigenvalue weighted by Crippen LogP contribution is 2.36. The Hall–Kier alpha value is -2.63. The lowest BCUT2D eigenvalue weighted by Gasteiger charge is -2.11. The number of aliphatic hydroxyl groups is 1. The topological polar surface area (TPSA) is 58.4 Å². The van der Waals surface area contributed by atoms with Gasteiger partial charge in [-0.05, 0) is 24.3 Å². The molecule has 1 N–H and O–H groups in total. The summed E-state index contributed by atoms with van der Waals surface area (Å²) in [5.74, 6) is -0.425. The van der Waals surface area contributed by atoms with Crippen LogP contribution in [0.15, 0.2) is 60.0 Å². The first-order valence-corrected chi connectivity index (χ1v) is 7.64. The van der Waals surface area contributed by atoms with Gasteiger partial charge in [-0.25, -0.2) is 19.4 Å². The van der Waals surface area contributed by atoms with Crippen LogP contribution in [0, 0.1) is 5.82 Å². The lowest BCUT2D eigenvalue weighted by Crippen LogP contribution is -2.08. The van der Waals surface area contributed by atoms with Crippen LogP contribution in [0.3, 0.4) is 0 Å². The van der Waals surface area contributed by atoms with Crippen molar-refractivity contribution in [2.45, 2.75) is 6.23 Å². The van der Waals surface area contributed by atoms with Gasteiger partial charge in [0.15, 0.2) is 6.23 Å². The number of rotatable bonds is 1. The maximum Gasteiger partial charge on any atom is 0.175 e. The van der Waals surface area contributed by atoms with E-state index in [1.807, 2.05) is 0 Å². The van der Waals surface area contributed by atoms with Gasteiger partial charge >= 0.3 is 0 Å². The quantitative estimate of drug-likeness (QED) is 0.734. The van der Waals surface area contributed by atoms with Crippen LogP contribution in [0.25, 0.3) is 11.3 Å². The Kier molecular flexibility index (Phi) is 3.59. The highest BCUT2D eigenvalue weighted by atomic mass is 35.5. The lowest BCUT2D eigenvalue weighted by molar-refractivity contribution is 0.189. The summed E-state index contributed by atoms with van der Waals surface area (Å²) in [4.78, 5) is 12.5. The standard InChI is InChI=1S/C18H11ClFN3O/c19-10-5-6-11-13(7-10)17(12-3-1-2-4-15(12)20)23-18(24)14-8-21-9-22-16(11)14/h1-9,18,24H. The molecule has 2 heterocycles. The van der Waals surface area contributed by atoms with Crippen molar-refractivity contribution < 1.29 is 9.50 Å². The number of hydrogen-bond acceptors (Lipinski definition) is 4. The summed E-state index contributed by atoms with van der Waals surface area (Å²) in [7, 11) is 0. The molecule has 24 heavy (non-hydrogen) atoms. The average Bonchev–Trinajstić information content (AvgIpc) is 2.71. The molecule has 0 spiro atoms. The second-order valence-electron chi connectivity index (χ2n) is 5.35. The smallest absolute Gasteiger partial charge is 0.175 e. The van der Waals surface area contributed by atoms with Crippen LogP contribution in [-0.2, 0) is 0 Å². The van der Waals surface area contributed by atoms with E-state index in [0.717, 1.165) is 5.56 Å². The molecular weight excluding hydrogens is 329 g/mol. The van der Waals surface area contributed by atoms with Gasteiger partial charge in [0.1, 0.15) is 12.1 Å². The Morgan fingerprint density at radius 3 is 2.71 bits per heavy atom. The molecule has 0 amide bonds. The summed E-state index contributed by atoms with van der Waals surface area (Å²) >= 11 is 6.14. The monoisotopic (exact) mass is 339 g/mol. The zero-order chi connectivity index (χ0) is 16.7. The molecule has 4 nitrogen and oxygen atoms in total. The molecule has 0 bridgehead atoms. The van der Waals surface area contributed by atoms with E-state index < -0.39 is 12.0 Å². The van der Waals surface area contributed by atoms with Crippen LogP contribution in [0.1, 0.15) is 22.9 Å². The minimum Gasteiger partial charge on any atom is -0.368 e. The third-order valence-electron chi connectivity index (χ3n) is 3.89. The van der Waals surface area contributed by atoms with Gasteiger partial charge in [-0.1, -0.05) is 29.8 Å². The Labute approximate surface area is 142 Å². The molecule has 3 aromatic rings. The lowest BCUT2D eigenvalue weighted by atomic mass is 9.95. The van der Waals surface area contributed by atoms with Gasteiger partial charge in [0.2, 0.25) is 0 Å². The van der Waals surface area contributed by atoms with Crippen molar-refractivity contribution in [3.8, 4) is 11.3 Å². The molecular formula is C18H11ClFN3O. The number of aromatic nitrogens is 2. The molecule has 0 aliphatic carbocycles. The average molecular weight is 340 g/mol. The molecule has 1 atom stereocenters. The number of fused-ring (bicyclic) bond motifs is 3. The molecule has 2 aromatic carbocycles. The summed E-state index contributed by atoms with van der Waals surface area (Å²) in [6.07, 6.45) is 1.72. The van der Waals surface area contributed by atoms with Crippen molar-refractivity contribution in [3.05, 3.63) is 82.5 Å². The molecule has 1 aliphatic heterocycles. The Morgan fingerprint density at radius 1 is 1.04 bits per heavy atom. The first-order chi connectivity index (χ1) is 11.6. The zero-order valence-electron chi connectivity index (χ0n) is 12.3. The number of aliphatic imine (C=N–C) groups is 1. The second-order valence-corrected chi connectivity index (χ2v) is 5.78. The SMILES string of the molecule is OC1N=C(c2ccccc2F)c2cc(Cl)ccc2-c2ncncc21. The number of benzene rings is 2. The van der Waals surface area contributed by atoms with Crippen LogP contribution in [0.4, 0.5) is 4.39 Å². The highest BCUT2D eigenvalue weighted by molar-refractivity contribution is 6.31. The van der Waals surface area contributed by atoms with E-state index in [-0.39, 0.29) is 0 Å². The van der Waals surface area contributed by atoms with E-state index >= 15 is 0 Å². The van der Waals surface area contributed by atoms with Crippen molar-refractivity contribution in [3.63, 3.8) is 0 Å². The first kappa shape index (κ1) is 14.9. The van der Waals surface area contributed by atoms with Gasteiger partial charge in [-0.2, -0.15) is 0 Å². The fourth-order valence-corrected chi connectivity index (χ4v) is 2.97. The third-order valence-corrected chi connectivity index (χ3v) is 4.13. The van der Waals surface area contributed by atoms with Crippen molar-refractivity contribution in [1.82, 2.24) is 9.97 Å². The van der Waals surface area contributed by atoms with E-state index in [1.54, 1.807) is 36.4 Å². The maximum absolute atomic E-state index is 14.3. The molecule has 1 unspecified atom stereocenters. The molecule has 0 radical (unpaired) electrons. The fraction of sp³-hybridized carbons (Fsp3) is 0.0556. The molecule has 6 heteroatoms. The van der Waals surface area contributed by atoms with E-state index in [4.69, 9.17) is 11.6 Å². The van der Waals surface area contributed by atoms with Crippen LogP contribution in [0.2, 0.25) is 5.02 Å². The second kappa shape index (κ2) is 5.78. The largest absolute Gasteiger partial charge is 0.368 e. The molecule has 0 saturated carbocycles. The third kappa shape index (κ3) is 2.38. The minimum atomic E-state index is -1.19. The first-order valence-electron chi connectivity index (χ1n) is 7.26. The number of hydrogen-bond donors (Lipinski definition) is 1. The number of nitrogens with zero attached hydrogens (tertiary/aromatic N) is 3. The summed E-state index contributed by atoms with van der Waals surface area (Å²) in [6, 6.07) is 11.5. The van der Waals surface area contributed by atoms with Crippen LogP contribution >= 0.6 is 11.6 Å². The van der Waals surface area contributed by atoms with E-state index in [9.17, 15) is 9.50 Å². The van der Waals surface area contributed by atoms with Gasteiger partial charge in [0, 0.05) is 33.5 Å². The normalized spacial score (nSPS) is 16.0. The predicted molar refractivity (Wildman–Crippen MR) is 89.5 cm³/mol. The Bertz CT molecular complexity index is 974. The fourth-order valence-electron chi connectivity index (χ4n) is 2.80. The van der Waals surface area contributed by atoms with Gasteiger partial charge in [-0.3, -0.25) is 0 Å². The summed E-state index contributed by atoms with van der Waals surface area (Å²) in [6.45, 7) is 0.